The lowest BCUT2D eigenvalue weighted by Crippen LogP contribution is -1.89. The van der Waals surface area contributed by atoms with Crippen LogP contribution in [-0.4, -0.2) is 0 Å². The Morgan fingerprint density at radius 2 is 1.64 bits per heavy atom. The predicted octanol–water partition coefficient (Wildman–Crippen LogP) is 3.43. The number of hydrogen-bond donors (Lipinski definition) is 0. The molecule has 0 atom stereocenters. The highest BCUT2D eigenvalue weighted by Gasteiger charge is 1.99. The smallest absolute Gasteiger partial charge is 0.0219 e. The van der Waals surface area contributed by atoms with E-state index >= 15 is 0 Å². The van der Waals surface area contributed by atoms with Crippen molar-refractivity contribution < 1.29 is 0 Å². The zero-order chi connectivity index (χ0) is 8.43. The molecule has 0 amide bonds. The van der Waals surface area contributed by atoms with Crippen molar-refractivity contribution in [3.05, 3.63) is 34.9 Å². The average molecular weight is 148 g/mol. The number of aryl methyl sites for hydroxylation is 2. The lowest BCUT2D eigenvalue weighted by atomic mass is 9.99. The minimum absolute atomic E-state index is 0.647. The SMILES string of the molecule is Cc1ccc(C(C)C)cc1C. The summed E-state index contributed by atoms with van der Waals surface area (Å²) in [4.78, 5) is 0. The molecule has 0 saturated carbocycles. The Morgan fingerprint density at radius 3 is 2.09 bits per heavy atom. The quantitative estimate of drug-likeness (QED) is 0.572. The van der Waals surface area contributed by atoms with Crippen LogP contribution < -0.4 is 0 Å². The Hall–Kier alpha value is -0.780. The van der Waals surface area contributed by atoms with Crippen LogP contribution in [0.3, 0.4) is 0 Å². The van der Waals surface area contributed by atoms with Crippen molar-refractivity contribution in [2.24, 2.45) is 0 Å². The molecule has 0 unspecified atom stereocenters. The molecule has 0 fully saturated rings. The number of rotatable bonds is 1. The van der Waals surface area contributed by atoms with Gasteiger partial charge in [0.1, 0.15) is 0 Å². The fraction of sp³-hybridized carbons (Fsp3) is 0.455. The van der Waals surface area contributed by atoms with Crippen LogP contribution in [0.15, 0.2) is 18.2 Å². The van der Waals surface area contributed by atoms with Crippen LogP contribution in [0.1, 0.15) is 36.5 Å². The van der Waals surface area contributed by atoms with Crippen LogP contribution in [0.5, 0.6) is 0 Å². The van der Waals surface area contributed by atoms with Crippen LogP contribution >= 0.6 is 0 Å². The third-order valence-corrected chi connectivity index (χ3v) is 2.20. The highest BCUT2D eigenvalue weighted by molar-refractivity contribution is 5.31. The Morgan fingerprint density at radius 1 is 1.00 bits per heavy atom. The molecule has 60 valence electrons. The molecule has 0 nitrogen and oxygen atoms in total. The van der Waals surface area contributed by atoms with Gasteiger partial charge in [0.2, 0.25) is 0 Å². The van der Waals surface area contributed by atoms with E-state index < -0.39 is 0 Å². The van der Waals surface area contributed by atoms with Gasteiger partial charge >= 0.3 is 0 Å². The fourth-order valence-corrected chi connectivity index (χ4v) is 1.12. The van der Waals surface area contributed by atoms with Gasteiger partial charge in [-0.25, -0.2) is 0 Å². The van der Waals surface area contributed by atoms with Crippen LogP contribution in [0, 0.1) is 13.8 Å². The van der Waals surface area contributed by atoms with Gasteiger partial charge in [0.15, 0.2) is 0 Å². The summed E-state index contributed by atoms with van der Waals surface area (Å²) in [5.41, 5.74) is 4.22. The largest absolute Gasteiger partial charge is 0.0588 e. The molecule has 0 heteroatoms. The number of benzene rings is 1. The van der Waals surface area contributed by atoms with Gasteiger partial charge in [-0.15, -0.1) is 0 Å². The Bertz CT molecular complexity index is 246. The van der Waals surface area contributed by atoms with Gasteiger partial charge in [0.05, 0.1) is 0 Å². The molecular weight excluding hydrogens is 132 g/mol. The first kappa shape index (κ1) is 8.32. The molecule has 0 aliphatic rings. The predicted molar refractivity (Wildman–Crippen MR) is 50.0 cm³/mol. The molecular formula is C11H16. The summed E-state index contributed by atoms with van der Waals surface area (Å²) in [6, 6.07) is 6.69. The lowest BCUT2D eigenvalue weighted by molar-refractivity contribution is 0.864. The maximum Gasteiger partial charge on any atom is -0.0219 e. The van der Waals surface area contributed by atoms with Crippen molar-refractivity contribution in [3.8, 4) is 0 Å². The molecule has 0 radical (unpaired) electrons. The van der Waals surface area contributed by atoms with Crippen LogP contribution in [0.4, 0.5) is 0 Å². The molecule has 1 aromatic rings. The zero-order valence-electron chi connectivity index (χ0n) is 7.81. The standard InChI is InChI=1S/C11H16/c1-8(2)11-6-5-9(3)10(4)7-11/h5-8H,1-4H3. The van der Waals surface area contributed by atoms with E-state index in [1.165, 1.54) is 16.7 Å². The summed E-state index contributed by atoms with van der Waals surface area (Å²) in [6.07, 6.45) is 0. The monoisotopic (exact) mass is 148 g/mol. The molecule has 0 bridgehead atoms. The summed E-state index contributed by atoms with van der Waals surface area (Å²) in [5, 5.41) is 0. The van der Waals surface area contributed by atoms with Crippen LogP contribution in [0.2, 0.25) is 0 Å². The van der Waals surface area contributed by atoms with Gasteiger partial charge in [-0.2, -0.15) is 0 Å². The number of hydrogen-bond acceptors (Lipinski definition) is 0. The van der Waals surface area contributed by atoms with Crippen molar-refractivity contribution in [1.82, 2.24) is 0 Å². The molecule has 0 aromatic heterocycles. The summed E-state index contributed by atoms with van der Waals surface area (Å²) < 4.78 is 0. The van der Waals surface area contributed by atoms with Crippen LogP contribution in [-0.2, 0) is 0 Å². The van der Waals surface area contributed by atoms with Crippen molar-refractivity contribution in [2.45, 2.75) is 33.6 Å². The third kappa shape index (κ3) is 1.83. The van der Waals surface area contributed by atoms with Crippen LogP contribution in [0.25, 0.3) is 0 Å². The van der Waals surface area contributed by atoms with E-state index in [0.717, 1.165) is 0 Å². The maximum atomic E-state index is 2.28. The first-order valence-electron chi connectivity index (χ1n) is 4.18. The van der Waals surface area contributed by atoms with Gasteiger partial charge in [0.25, 0.3) is 0 Å². The maximum absolute atomic E-state index is 2.28. The van der Waals surface area contributed by atoms with Crippen molar-refractivity contribution in [2.75, 3.05) is 0 Å². The molecule has 0 heterocycles. The first-order chi connectivity index (χ1) is 5.11. The molecule has 1 aromatic carbocycles. The Kier molecular flexibility index (Phi) is 2.33. The summed E-state index contributed by atoms with van der Waals surface area (Å²) in [5.74, 6) is 0.647. The van der Waals surface area contributed by atoms with Gasteiger partial charge in [0, 0.05) is 0 Å². The van der Waals surface area contributed by atoms with Gasteiger partial charge in [-0.05, 0) is 36.5 Å². The molecule has 11 heavy (non-hydrogen) atoms. The summed E-state index contributed by atoms with van der Waals surface area (Å²) in [6.45, 7) is 8.77. The normalized spacial score (nSPS) is 10.6. The van der Waals surface area contributed by atoms with E-state index in [1.807, 2.05) is 0 Å². The third-order valence-electron chi connectivity index (χ3n) is 2.20. The zero-order valence-corrected chi connectivity index (χ0v) is 7.81. The minimum atomic E-state index is 0.647. The molecule has 0 aliphatic heterocycles. The summed E-state index contributed by atoms with van der Waals surface area (Å²) in [7, 11) is 0. The van der Waals surface area contributed by atoms with E-state index in [-0.39, 0.29) is 0 Å². The van der Waals surface area contributed by atoms with E-state index in [0.29, 0.717) is 5.92 Å². The van der Waals surface area contributed by atoms with Gasteiger partial charge in [-0.3, -0.25) is 0 Å². The fourth-order valence-electron chi connectivity index (χ4n) is 1.12. The highest BCUT2D eigenvalue weighted by Crippen LogP contribution is 2.17. The second-order valence-electron chi connectivity index (χ2n) is 3.50. The van der Waals surface area contributed by atoms with Gasteiger partial charge in [-0.1, -0.05) is 32.0 Å². The Balaban J connectivity index is 3.05. The average Bonchev–Trinajstić information content (AvgIpc) is 1.94. The van der Waals surface area contributed by atoms with Crippen molar-refractivity contribution >= 4 is 0 Å². The van der Waals surface area contributed by atoms with E-state index in [2.05, 4.69) is 45.9 Å². The van der Waals surface area contributed by atoms with E-state index in [4.69, 9.17) is 0 Å². The van der Waals surface area contributed by atoms with Crippen molar-refractivity contribution in [1.29, 1.82) is 0 Å². The minimum Gasteiger partial charge on any atom is -0.0588 e. The molecule has 0 saturated heterocycles. The lowest BCUT2D eigenvalue weighted by Gasteiger charge is -2.07. The second-order valence-corrected chi connectivity index (χ2v) is 3.50. The summed E-state index contributed by atoms with van der Waals surface area (Å²) >= 11 is 0. The van der Waals surface area contributed by atoms with Crippen molar-refractivity contribution in [3.63, 3.8) is 0 Å². The molecule has 0 N–H and O–H groups in total. The van der Waals surface area contributed by atoms with E-state index in [9.17, 15) is 0 Å². The Labute approximate surface area is 69.3 Å². The topological polar surface area (TPSA) is 0 Å². The first-order valence-corrected chi connectivity index (χ1v) is 4.18. The second kappa shape index (κ2) is 3.08. The highest BCUT2D eigenvalue weighted by atomic mass is 14.0. The molecule has 0 aliphatic carbocycles. The van der Waals surface area contributed by atoms with Gasteiger partial charge < -0.3 is 0 Å². The van der Waals surface area contributed by atoms with E-state index in [1.54, 1.807) is 0 Å². The molecule has 0 spiro atoms. The molecule has 1 rings (SSSR count).